The number of nitrogens with zero attached hydrogens (tertiary/aromatic N) is 1. The van der Waals surface area contributed by atoms with Gasteiger partial charge in [0.15, 0.2) is 0 Å². The number of nitrogens with one attached hydrogen (secondary N) is 1. The van der Waals surface area contributed by atoms with Crippen LogP contribution in [-0.2, 0) is 4.79 Å². The highest BCUT2D eigenvalue weighted by molar-refractivity contribution is 5.87. The van der Waals surface area contributed by atoms with Crippen LogP contribution in [-0.4, -0.2) is 40.1 Å². The number of urea groups is 1. The van der Waals surface area contributed by atoms with E-state index in [1.807, 2.05) is 0 Å². The number of carboxylic acids is 1. The molecule has 96 valence electrons. The number of rotatable bonds is 3. The lowest BCUT2D eigenvalue weighted by Crippen LogP contribution is -2.51. The average Bonchev–Trinajstić information content (AvgIpc) is 2.85. The van der Waals surface area contributed by atoms with Gasteiger partial charge in [-0.2, -0.15) is 0 Å². The number of carbonyl (C=O) groups excluding carboxylic acids is 1. The Morgan fingerprint density at radius 1 is 1.41 bits per heavy atom. The minimum absolute atomic E-state index is 0.128. The predicted molar refractivity (Wildman–Crippen MR) is 62.7 cm³/mol. The molecule has 1 aliphatic heterocycles. The zero-order chi connectivity index (χ0) is 12.6. The van der Waals surface area contributed by atoms with Crippen LogP contribution < -0.4 is 5.32 Å². The van der Waals surface area contributed by atoms with Gasteiger partial charge in [-0.05, 0) is 32.6 Å². The molecule has 0 radical (unpaired) electrons. The molecule has 0 spiro atoms. The minimum atomic E-state index is -1.13. The number of carboxylic acid groups (broad SMARTS) is 1. The summed E-state index contributed by atoms with van der Waals surface area (Å²) in [6, 6.07) is -0.113. The fraction of sp³-hybridized carbons (Fsp3) is 0.833. The van der Waals surface area contributed by atoms with Crippen LogP contribution in [0.2, 0.25) is 0 Å². The van der Waals surface area contributed by atoms with Crippen molar-refractivity contribution in [2.75, 3.05) is 6.54 Å². The molecule has 2 aliphatic rings. The first-order valence-corrected chi connectivity index (χ1v) is 6.24. The molecule has 1 saturated carbocycles. The number of aliphatic carboxylic acids is 1. The molecule has 0 aromatic carbocycles. The lowest BCUT2D eigenvalue weighted by molar-refractivity contribution is -0.147. The van der Waals surface area contributed by atoms with Crippen LogP contribution in [0.1, 0.15) is 39.5 Å². The monoisotopic (exact) mass is 240 g/mol. The summed E-state index contributed by atoms with van der Waals surface area (Å²) in [6.07, 6.45) is 4.73. The van der Waals surface area contributed by atoms with Gasteiger partial charge in [-0.1, -0.05) is 12.8 Å². The second kappa shape index (κ2) is 4.20. The molecule has 1 heterocycles. The second-order valence-corrected chi connectivity index (χ2v) is 5.58. The summed E-state index contributed by atoms with van der Waals surface area (Å²) in [5, 5.41) is 12.1. The molecular weight excluding hydrogens is 220 g/mol. The Hall–Kier alpha value is -1.26. The lowest BCUT2D eigenvalue weighted by Gasteiger charge is -2.30. The van der Waals surface area contributed by atoms with Crippen molar-refractivity contribution < 1.29 is 14.7 Å². The fourth-order valence-corrected chi connectivity index (χ4v) is 2.79. The van der Waals surface area contributed by atoms with E-state index in [4.69, 9.17) is 5.11 Å². The first-order valence-electron chi connectivity index (χ1n) is 6.24. The quantitative estimate of drug-likeness (QED) is 0.784. The number of amides is 2. The van der Waals surface area contributed by atoms with Gasteiger partial charge in [0.1, 0.15) is 5.54 Å². The summed E-state index contributed by atoms with van der Waals surface area (Å²) in [5.74, 6) is -0.437. The summed E-state index contributed by atoms with van der Waals surface area (Å²) in [4.78, 5) is 24.4. The molecule has 1 unspecified atom stereocenters. The van der Waals surface area contributed by atoms with Gasteiger partial charge in [0, 0.05) is 6.54 Å². The minimum Gasteiger partial charge on any atom is -0.480 e. The predicted octanol–water partition coefficient (Wildman–Crippen LogP) is 1.43. The van der Waals surface area contributed by atoms with Crippen LogP contribution in [0.5, 0.6) is 0 Å². The molecule has 0 bridgehead atoms. The third kappa shape index (κ3) is 2.10. The number of hydrogen-bond acceptors (Lipinski definition) is 2. The molecule has 1 saturated heterocycles. The summed E-state index contributed by atoms with van der Waals surface area (Å²) < 4.78 is 0. The fourth-order valence-electron chi connectivity index (χ4n) is 2.79. The van der Waals surface area contributed by atoms with E-state index in [2.05, 4.69) is 5.32 Å². The molecule has 5 nitrogen and oxygen atoms in total. The highest BCUT2D eigenvalue weighted by atomic mass is 16.4. The van der Waals surface area contributed by atoms with E-state index in [-0.39, 0.29) is 12.1 Å². The van der Waals surface area contributed by atoms with Crippen molar-refractivity contribution in [3.05, 3.63) is 0 Å². The van der Waals surface area contributed by atoms with Gasteiger partial charge in [0.25, 0.3) is 0 Å². The van der Waals surface area contributed by atoms with Gasteiger partial charge in [0.2, 0.25) is 0 Å². The van der Waals surface area contributed by atoms with E-state index in [0.29, 0.717) is 12.5 Å². The third-order valence-electron chi connectivity index (χ3n) is 4.10. The zero-order valence-corrected chi connectivity index (χ0v) is 10.4. The standard InChI is InChI=1S/C12H20N2O3/c1-12(2,10(15)16)14-7-9(13-11(14)17)8-5-3-4-6-8/h8-9H,3-7H2,1-2H3,(H,13,17)(H,15,16). The van der Waals surface area contributed by atoms with Gasteiger partial charge in [0.05, 0.1) is 6.04 Å². The van der Waals surface area contributed by atoms with E-state index >= 15 is 0 Å². The Bertz CT molecular complexity index is 335. The average molecular weight is 240 g/mol. The Kier molecular flexibility index (Phi) is 3.02. The van der Waals surface area contributed by atoms with Crippen molar-refractivity contribution >= 4 is 12.0 Å². The maximum atomic E-state index is 11.8. The summed E-state index contributed by atoms with van der Waals surface area (Å²) in [5.41, 5.74) is -1.13. The maximum Gasteiger partial charge on any atom is 0.329 e. The molecule has 5 heteroatoms. The van der Waals surface area contributed by atoms with Gasteiger partial charge in [-0.15, -0.1) is 0 Å². The number of carbonyl (C=O) groups is 2. The van der Waals surface area contributed by atoms with E-state index in [1.54, 1.807) is 13.8 Å². The summed E-state index contributed by atoms with van der Waals surface area (Å²) in [7, 11) is 0. The second-order valence-electron chi connectivity index (χ2n) is 5.58. The largest absolute Gasteiger partial charge is 0.480 e. The maximum absolute atomic E-state index is 11.8. The zero-order valence-electron chi connectivity index (χ0n) is 10.4. The molecule has 2 amide bonds. The van der Waals surface area contributed by atoms with Crippen molar-refractivity contribution in [3.8, 4) is 0 Å². The van der Waals surface area contributed by atoms with Crippen LogP contribution in [0.4, 0.5) is 4.79 Å². The normalized spacial score (nSPS) is 26.4. The van der Waals surface area contributed by atoms with Crippen molar-refractivity contribution in [1.29, 1.82) is 0 Å². The highest BCUT2D eigenvalue weighted by Crippen LogP contribution is 2.31. The molecule has 2 N–H and O–H groups in total. The van der Waals surface area contributed by atoms with Crippen molar-refractivity contribution in [1.82, 2.24) is 10.2 Å². The molecule has 17 heavy (non-hydrogen) atoms. The van der Waals surface area contributed by atoms with Crippen molar-refractivity contribution in [2.45, 2.75) is 51.1 Å². The van der Waals surface area contributed by atoms with E-state index in [1.165, 1.54) is 17.7 Å². The Morgan fingerprint density at radius 2 is 2.00 bits per heavy atom. The van der Waals surface area contributed by atoms with Gasteiger partial charge < -0.3 is 15.3 Å². The van der Waals surface area contributed by atoms with E-state index in [9.17, 15) is 9.59 Å². The number of hydrogen-bond donors (Lipinski definition) is 2. The first kappa shape index (κ1) is 12.2. The van der Waals surface area contributed by atoms with Gasteiger partial charge in [-0.25, -0.2) is 9.59 Å². The third-order valence-corrected chi connectivity index (χ3v) is 4.10. The lowest BCUT2D eigenvalue weighted by atomic mass is 9.97. The smallest absolute Gasteiger partial charge is 0.329 e. The van der Waals surface area contributed by atoms with Crippen LogP contribution in [0, 0.1) is 5.92 Å². The van der Waals surface area contributed by atoms with E-state index in [0.717, 1.165) is 12.8 Å². The first-order chi connectivity index (χ1) is 7.93. The molecule has 2 fully saturated rings. The Morgan fingerprint density at radius 3 is 2.53 bits per heavy atom. The highest BCUT2D eigenvalue weighted by Gasteiger charge is 2.45. The molecule has 0 aromatic rings. The molecule has 2 rings (SSSR count). The van der Waals surface area contributed by atoms with Crippen molar-refractivity contribution in [2.24, 2.45) is 5.92 Å². The van der Waals surface area contributed by atoms with Crippen LogP contribution in [0.25, 0.3) is 0 Å². The molecule has 1 aliphatic carbocycles. The van der Waals surface area contributed by atoms with Crippen molar-refractivity contribution in [3.63, 3.8) is 0 Å². The topological polar surface area (TPSA) is 69.6 Å². The van der Waals surface area contributed by atoms with Crippen LogP contribution >= 0.6 is 0 Å². The van der Waals surface area contributed by atoms with E-state index < -0.39 is 11.5 Å². The molecule has 0 aromatic heterocycles. The van der Waals surface area contributed by atoms with Gasteiger partial charge >= 0.3 is 12.0 Å². The Labute approximate surface area is 101 Å². The summed E-state index contributed by atoms with van der Waals surface area (Å²) in [6.45, 7) is 3.67. The van der Waals surface area contributed by atoms with Gasteiger partial charge in [-0.3, -0.25) is 0 Å². The SMILES string of the molecule is CC(C)(C(=O)O)N1CC(C2CCCC2)NC1=O. The summed E-state index contributed by atoms with van der Waals surface area (Å²) >= 11 is 0. The van der Waals surface area contributed by atoms with Crippen LogP contribution in [0.15, 0.2) is 0 Å². The Balaban J connectivity index is 2.07. The molecular formula is C12H20N2O3. The van der Waals surface area contributed by atoms with Crippen LogP contribution in [0.3, 0.4) is 0 Å². The molecule has 1 atom stereocenters.